The quantitative estimate of drug-likeness (QED) is 0.387. The van der Waals surface area contributed by atoms with Crippen molar-refractivity contribution in [1.29, 1.82) is 0 Å². The lowest BCUT2D eigenvalue weighted by atomic mass is 9.94. The Balaban J connectivity index is 2.13. The molecule has 1 saturated heterocycles. The van der Waals surface area contributed by atoms with Gasteiger partial charge in [-0.25, -0.2) is 0 Å². The van der Waals surface area contributed by atoms with Crippen molar-refractivity contribution in [2.75, 3.05) is 40.9 Å². The highest BCUT2D eigenvalue weighted by Gasteiger charge is 2.46. The van der Waals surface area contributed by atoms with Gasteiger partial charge >= 0.3 is 0 Å². The van der Waals surface area contributed by atoms with Crippen LogP contribution in [0.4, 0.5) is 0 Å². The molecule has 0 spiro atoms. The first-order valence-corrected chi connectivity index (χ1v) is 10.6. The van der Waals surface area contributed by atoms with Crippen LogP contribution in [0.3, 0.4) is 0 Å². The molecule has 32 heavy (non-hydrogen) atoms. The van der Waals surface area contributed by atoms with Gasteiger partial charge in [0.15, 0.2) is 0 Å². The maximum Gasteiger partial charge on any atom is 0.295 e. The molecule has 3 rings (SSSR count). The fraction of sp³-hybridized carbons (Fsp3) is 0.360. The highest BCUT2D eigenvalue weighted by atomic mass is 16.5. The van der Waals surface area contributed by atoms with E-state index in [1.165, 1.54) is 4.90 Å². The van der Waals surface area contributed by atoms with E-state index in [-0.39, 0.29) is 11.3 Å². The molecular formula is C25H30N2O5. The Bertz CT molecular complexity index is 1030. The minimum atomic E-state index is -0.688. The molecule has 7 heteroatoms. The van der Waals surface area contributed by atoms with Gasteiger partial charge in [0.25, 0.3) is 11.7 Å². The molecule has 1 atom stereocenters. The molecule has 7 nitrogen and oxygen atoms in total. The van der Waals surface area contributed by atoms with Crippen molar-refractivity contribution < 1.29 is 24.2 Å². The zero-order valence-corrected chi connectivity index (χ0v) is 19.2. The third kappa shape index (κ3) is 4.62. The fourth-order valence-corrected chi connectivity index (χ4v) is 3.85. The van der Waals surface area contributed by atoms with Crippen LogP contribution in [-0.4, -0.2) is 67.5 Å². The second-order valence-electron chi connectivity index (χ2n) is 7.98. The smallest absolute Gasteiger partial charge is 0.295 e. The summed E-state index contributed by atoms with van der Waals surface area (Å²) >= 11 is 0. The zero-order valence-electron chi connectivity index (χ0n) is 19.2. The van der Waals surface area contributed by atoms with Crippen LogP contribution in [0.5, 0.6) is 11.5 Å². The molecule has 170 valence electrons. The Morgan fingerprint density at radius 2 is 1.75 bits per heavy atom. The fourth-order valence-electron chi connectivity index (χ4n) is 3.85. The number of Topliss-reactive ketones (excluding diaryl/α,β-unsaturated/α-hetero) is 1. The number of carbonyl (C=O) groups is 2. The molecule has 1 heterocycles. The van der Waals surface area contributed by atoms with E-state index < -0.39 is 17.7 Å². The molecule has 0 saturated carbocycles. The summed E-state index contributed by atoms with van der Waals surface area (Å²) in [5, 5.41) is 11.2. The van der Waals surface area contributed by atoms with Crippen molar-refractivity contribution in [3.05, 3.63) is 64.7 Å². The van der Waals surface area contributed by atoms with Gasteiger partial charge in [-0.2, -0.15) is 0 Å². The minimum Gasteiger partial charge on any atom is -0.507 e. The number of likely N-dealkylation sites (N-methyl/N-ethyl adjacent to an activating group) is 1. The molecule has 1 aliphatic rings. The average molecular weight is 439 g/mol. The number of ketones is 1. The van der Waals surface area contributed by atoms with Crippen molar-refractivity contribution in [2.45, 2.75) is 19.9 Å². The third-order valence-corrected chi connectivity index (χ3v) is 5.52. The molecule has 2 aromatic rings. The summed E-state index contributed by atoms with van der Waals surface area (Å²) < 4.78 is 10.8. The molecule has 0 bridgehead atoms. The van der Waals surface area contributed by atoms with E-state index in [0.717, 1.165) is 11.1 Å². The maximum absolute atomic E-state index is 13.1. The molecule has 0 radical (unpaired) electrons. The van der Waals surface area contributed by atoms with Crippen LogP contribution in [0, 0.1) is 6.92 Å². The van der Waals surface area contributed by atoms with Gasteiger partial charge < -0.3 is 24.4 Å². The number of methoxy groups -OCH3 is 1. The van der Waals surface area contributed by atoms with E-state index in [0.29, 0.717) is 36.8 Å². The number of aliphatic hydroxyl groups excluding tert-OH is 1. The maximum atomic E-state index is 13.1. The van der Waals surface area contributed by atoms with Crippen molar-refractivity contribution in [1.82, 2.24) is 9.80 Å². The summed E-state index contributed by atoms with van der Waals surface area (Å²) in [5.74, 6) is -0.135. The molecule has 1 amide bonds. The predicted molar refractivity (Wildman–Crippen MR) is 123 cm³/mol. The molecule has 1 unspecified atom stereocenters. The highest BCUT2D eigenvalue weighted by Crippen LogP contribution is 2.40. The van der Waals surface area contributed by atoms with Gasteiger partial charge in [0.2, 0.25) is 0 Å². The Kier molecular flexibility index (Phi) is 7.20. The average Bonchev–Trinajstić information content (AvgIpc) is 3.02. The topological polar surface area (TPSA) is 79.3 Å². The SMILES string of the molecule is CCOc1ccc(C2/C(=C(\O)c3ccc(OC)cc3C)C(=O)C(=O)N2CCN(C)C)cc1. The van der Waals surface area contributed by atoms with Crippen LogP contribution in [0.2, 0.25) is 0 Å². The molecule has 0 aliphatic carbocycles. The van der Waals surface area contributed by atoms with Crippen LogP contribution >= 0.6 is 0 Å². The molecule has 1 N–H and O–H groups in total. The number of amides is 1. The van der Waals surface area contributed by atoms with Crippen LogP contribution < -0.4 is 9.47 Å². The first kappa shape index (κ1) is 23.3. The normalized spacial score (nSPS) is 17.8. The van der Waals surface area contributed by atoms with Crippen LogP contribution in [0.1, 0.15) is 29.7 Å². The monoisotopic (exact) mass is 438 g/mol. The Morgan fingerprint density at radius 1 is 1.09 bits per heavy atom. The number of rotatable bonds is 8. The van der Waals surface area contributed by atoms with E-state index in [4.69, 9.17) is 9.47 Å². The third-order valence-electron chi connectivity index (χ3n) is 5.52. The van der Waals surface area contributed by atoms with Crippen LogP contribution in [0.15, 0.2) is 48.0 Å². The zero-order chi connectivity index (χ0) is 23.4. The van der Waals surface area contributed by atoms with E-state index in [2.05, 4.69) is 0 Å². The Labute approximate surface area is 188 Å². The van der Waals surface area contributed by atoms with Crippen molar-refractivity contribution in [3.8, 4) is 11.5 Å². The largest absolute Gasteiger partial charge is 0.507 e. The number of aryl methyl sites for hydroxylation is 1. The second kappa shape index (κ2) is 9.87. The summed E-state index contributed by atoms with van der Waals surface area (Å²) in [5.41, 5.74) is 2.06. The minimum absolute atomic E-state index is 0.0891. The number of aliphatic hydroxyl groups is 1. The van der Waals surface area contributed by atoms with Gasteiger partial charge in [-0.15, -0.1) is 0 Å². The first-order valence-electron chi connectivity index (χ1n) is 10.6. The van der Waals surface area contributed by atoms with Gasteiger partial charge in [0, 0.05) is 18.7 Å². The number of benzene rings is 2. The number of ether oxygens (including phenoxy) is 2. The molecule has 1 fully saturated rings. The van der Waals surface area contributed by atoms with Gasteiger partial charge in [-0.05, 0) is 69.4 Å². The number of nitrogens with zero attached hydrogens (tertiary/aromatic N) is 2. The lowest BCUT2D eigenvalue weighted by Gasteiger charge is -2.26. The first-order chi connectivity index (χ1) is 15.3. The lowest BCUT2D eigenvalue weighted by molar-refractivity contribution is -0.140. The number of hydrogen-bond acceptors (Lipinski definition) is 6. The van der Waals surface area contributed by atoms with Crippen molar-refractivity contribution >= 4 is 17.4 Å². The van der Waals surface area contributed by atoms with E-state index in [1.807, 2.05) is 57.1 Å². The van der Waals surface area contributed by atoms with Crippen molar-refractivity contribution in [2.24, 2.45) is 0 Å². The molecule has 2 aromatic carbocycles. The van der Waals surface area contributed by atoms with E-state index >= 15 is 0 Å². The molecule has 0 aromatic heterocycles. The summed E-state index contributed by atoms with van der Waals surface area (Å²) in [6.07, 6.45) is 0. The lowest BCUT2D eigenvalue weighted by Crippen LogP contribution is -2.35. The predicted octanol–water partition coefficient (Wildman–Crippen LogP) is 3.39. The Morgan fingerprint density at radius 3 is 2.31 bits per heavy atom. The standard InChI is InChI=1S/C25H30N2O5/c1-6-32-18-9-7-17(8-10-18)22-21(24(29)25(30)27(22)14-13-26(3)4)23(28)20-12-11-19(31-5)15-16(20)2/h7-12,15,22,28H,6,13-14H2,1-5H3/b23-21+. The molecule has 1 aliphatic heterocycles. The Hall–Kier alpha value is -3.32. The highest BCUT2D eigenvalue weighted by molar-refractivity contribution is 6.46. The van der Waals surface area contributed by atoms with Gasteiger partial charge in [0.1, 0.15) is 17.3 Å². The van der Waals surface area contributed by atoms with E-state index in [1.54, 1.807) is 25.3 Å². The number of carbonyl (C=O) groups excluding carboxylic acids is 2. The van der Waals surface area contributed by atoms with Crippen LogP contribution in [0.25, 0.3) is 5.76 Å². The summed E-state index contributed by atoms with van der Waals surface area (Å²) in [6, 6.07) is 11.8. The summed E-state index contributed by atoms with van der Waals surface area (Å²) in [6.45, 7) is 5.21. The van der Waals surface area contributed by atoms with Gasteiger partial charge in [-0.1, -0.05) is 12.1 Å². The summed E-state index contributed by atoms with van der Waals surface area (Å²) in [4.78, 5) is 29.5. The number of likely N-dealkylation sites (tertiary alicyclic amines) is 1. The molecular weight excluding hydrogens is 408 g/mol. The van der Waals surface area contributed by atoms with E-state index in [9.17, 15) is 14.7 Å². The van der Waals surface area contributed by atoms with Crippen LogP contribution in [-0.2, 0) is 9.59 Å². The number of hydrogen-bond donors (Lipinski definition) is 1. The second-order valence-corrected chi connectivity index (χ2v) is 7.98. The van der Waals surface area contributed by atoms with Crippen molar-refractivity contribution in [3.63, 3.8) is 0 Å². The van der Waals surface area contributed by atoms with Gasteiger partial charge in [0.05, 0.1) is 25.3 Å². The summed E-state index contributed by atoms with van der Waals surface area (Å²) in [7, 11) is 5.38. The van der Waals surface area contributed by atoms with Gasteiger partial charge in [-0.3, -0.25) is 9.59 Å².